The second-order valence-corrected chi connectivity index (χ2v) is 5.98. The Morgan fingerprint density at radius 2 is 2.00 bits per heavy atom. The molecule has 1 aliphatic carbocycles. The summed E-state index contributed by atoms with van der Waals surface area (Å²) in [6, 6.07) is 1.51. The molecule has 0 heterocycles. The number of halogens is 2. The van der Waals surface area contributed by atoms with Crippen LogP contribution in [0.3, 0.4) is 0 Å². The zero-order valence-electron chi connectivity index (χ0n) is 9.49. The van der Waals surface area contributed by atoms with Gasteiger partial charge in [-0.05, 0) is 30.5 Å². The highest BCUT2D eigenvalue weighted by Crippen LogP contribution is 2.24. The van der Waals surface area contributed by atoms with Gasteiger partial charge >= 0.3 is 0 Å². The van der Waals surface area contributed by atoms with E-state index < -0.39 is 33.2 Å². The van der Waals surface area contributed by atoms with E-state index in [4.69, 9.17) is 5.11 Å². The molecule has 4 nitrogen and oxygen atoms in total. The van der Waals surface area contributed by atoms with E-state index in [0.717, 1.165) is 18.6 Å². The van der Waals surface area contributed by atoms with Gasteiger partial charge in [0.15, 0.2) is 11.6 Å². The zero-order valence-corrected chi connectivity index (χ0v) is 10.3. The van der Waals surface area contributed by atoms with E-state index >= 15 is 0 Å². The standard InChI is InChI=1S/C11H13F2NO3S/c12-9-4-7(6-15)5-10(11(9)13)18(16,17)14-8-2-1-3-8/h4-5,8,14-15H,1-3,6H2. The molecule has 1 aliphatic rings. The fraction of sp³-hybridized carbons (Fsp3) is 0.455. The molecule has 100 valence electrons. The van der Waals surface area contributed by atoms with Gasteiger partial charge in [0.05, 0.1) is 6.61 Å². The van der Waals surface area contributed by atoms with E-state index in [-0.39, 0.29) is 11.6 Å². The van der Waals surface area contributed by atoms with Crippen molar-refractivity contribution in [3.05, 3.63) is 29.3 Å². The van der Waals surface area contributed by atoms with Gasteiger partial charge in [0.25, 0.3) is 0 Å². The van der Waals surface area contributed by atoms with E-state index in [2.05, 4.69) is 4.72 Å². The Kier molecular flexibility index (Phi) is 3.65. The fourth-order valence-electron chi connectivity index (χ4n) is 1.71. The number of rotatable bonds is 4. The van der Waals surface area contributed by atoms with Crippen molar-refractivity contribution in [2.75, 3.05) is 0 Å². The minimum absolute atomic E-state index is 0.0166. The van der Waals surface area contributed by atoms with Crippen molar-refractivity contribution in [3.63, 3.8) is 0 Å². The summed E-state index contributed by atoms with van der Waals surface area (Å²) in [6.45, 7) is -0.552. The Balaban J connectivity index is 2.39. The van der Waals surface area contributed by atoms with Gasteiger partial charge in [-0.15, -0.1) is 0 Å². The number of hydrogen-bond acceptors (Lipinski definition) is 3. The molecule has 0 aliphatic heterocycles. The van der Waals surface area contributed by atoms with Crippen LogP contribution in [0, 0.1) is 11.6 Å². The number of hydrogen-bond donors (Lipinski definition) is 2. The molecule has 0 bridgehead atoms. The SMILES string of the molecule is O=S(=O)(NC1CCC1)c1cc(CO)cc(F)c1F. The maximum absolute atomic E-state index is 13.5. The van der Waals surface area contributed by atoms with Crippen LogP contribution >= 0.6 is 0 Å². The van der Waals surface area contributed by atoms with Crippen molar-refractivity contribution in [1.82, 2.24) is 4.72 Å². The molecule has 0 saturated heterocycles. The van der Waals surface area contributed by atoms with Gasteiger partial charge in [-0.2, -0.15) is 0 Å². The summed E-state index contributed by atoms with van der Waals surface area (Å²) in [5.74, 6) is -2.70. The lowest BCUT2D eigenvalue weighted by atomic mass is 9.94. The summed E-state index contributed by atoms with van der Waals surface area (Å²) in [5.41, 5.74) is 0.0166. The highest BCUT2D eigenvalue weighted by atomic mass is 32.2. The Morgan fingerprint density at radius 1 is 1.33 bits per heavy atom. The molecule has 0 radical (unpaired) electrons. The Labute approximate surface area is 104 Å². The third kappa shape index (κ3) is 2.52. The minimum atomic E-state index is -4.08. The third-order valence-corrected chi connectivity index (χ3v) is 4.47. The molecule has 0 unspecified atom stereocenters. The van der Waals surface area contributed by atoms with E-state index in [1.807, 2.05) is 0 Å². The van der Waals surface area contributed by atoms with Gasteiger partial charge in [-0.1, -0.05) is 6.42 Å². The highest BCUT2D eigenvalue weighted by molar-refractivity contribution is 7.89. The molecular formula is C11H13F2NO3S. The van der Waals surface area contributed by atoms with Gasteiger partial charge in [0.1, 0.15) is 4.90 Å². The molecule has 0 aromatic heterocycles. The first-order chi connectivity index (χ1) is 8.44. The van der Waals surface area contributed by atoms with Crippen LogP contribution < -0.4 is 4.72 Å². The predicted octanol–water partition coefficient (Wildman–Crippen LogP) is 1.29. The molecule has 1 saturated carbocycles. The Bertz CT molecular complexity index is 556. The van der Waals surface area contributed by atoms with Crippen molar-refractivity contribution < 1.29 is 22.3 Å². The summed E-state index contributed by atoms with van der Waals surface area (Å²) in [6.07, 6.45) is 2.31. The van der Waals surface area contributed by atoms with Crippen LogP contribution in [0.4, 0.5) is 8.78 Å². The van der Waals surface area contributed by atoms with Gasteiger partial charge in [0, 0.05) is 6.04 Å². The van der Waals surface area contributed by atoms with Crippen molar-refractivity contribution >= 4 is 10.0 Å². The second kappa shape index (κ2) is 4.91. The summed E-state index contributed by atoms with van der Waals surface area (Å²) in [4.78, 5) is -0.751. The van der Waals surface area contributed by atoms with Gasteiger partial charge in [-0.25, -0.2) is 21.9 Å². The number of benzene rings is 1. The van der Waals surface area contributed by atoms with Crippen molar-refractivity contribution in [3.8, 4) is 0 Å². The van der Waals surface area contributed by atoms with Crippen molar-refractivity contribution in [1.29, 1.82) is 0 Å². The van der Waals surface area contributed by atoms with E-state index in [1.54, 1.807) is 0 Å². The molecule has 18 heavy (non-hydrogen) atoms. The molecule has 2 rings (SSSR count). The fourth-order valence-corrected chi connectivity index (χ4v) is 3.15. The maximum atomic E-state index is 13.5. The highest BCUT2D eigenvalue weighted by Gasteiger charge is 2.28. The topological polar surface area (TPSA) is 66.4 Å². The largest absolute Gasteiger partial charge is 0.392 e. The number of aliphatic hydroxyl groups is 1. The Morgan fingerprint density at radius 3 is 2.50 bits per heavy atom. The summed E-state index contributed by atoms with van der Waals surface area (Å²) < 4.78 is 52.8. The van der Waals surface area contributed by atoms with Gasteiger partial charge in [-0.3, -0.25) is 0 Å². The van der Waals surface area contributed by atoms with Gasteiger partial charge in [0.2, 0.25) is 10.0 Å². The van der Waals surface area contributed by atoms with Crippen LogP contribution in [0.5, 0.6) is 0 Å². The van der Waals surface area contributed by atoms with Crippen LogP contribution in [0.2, 0.25) is 0 Å². The summed E-state index contributed by atoms with van der Waals surface area (Å²) in [7, 11) is -4.08. The van der Waals surface area contributed by atoms with E-state index in [1.165, 1.54) is 0 Å². The smallest absolute Gasteiger partial charge is 0.243 e. The van der Waals surface area contributed by atoms with Crippen molar-refractivity contribution in [2.24, 2.45) is 0 Å². The lowest BCUT2D eigenvalue weighted by molar-refractivity contribution is 0.280. The van der Waals surface area contributed by atoms with Crippen LogP contribution in [-0.2, 0) is 16.6 Å². The minimum Gasteiger partial charge on any atom is -0.392 e. The lowest BCUT2D eigenvalue weighted by Gasteiger charge is -2.26. The molecule has 0 spiro atoms. The second-order valence-electron chi connectivity index (χ2n) is 4.30. The van der Waals surface area contributed by atoms with Crippen molar-refractivity contribution in [2.45, 2.75) is 36.8 Å². The predicted molar refractivity (Wildman–Crippen MR) is 60.2 cm³/mol. The molecule has 2 N–H and O–H groups in total. The van der Waals surface area contributed by atoms with Crippen LogP contribution in [0.15, 0.2) is 17.0 Å². The zero-order chi connectivity index (χ0) is 13.3. The first-order valence-electron chi connectivity index (χ1n) is 5.55. The van der Waals surface area contributed by atoms with Crippen LogP contribution in [-0.4, -0.2) is 19.6 Å². The van der Waals surface area contributed by atoms with Crippen LogP contribution in [0.25, 0.3) is 0 Å². The van der Waals surface area contributed by atoms with Gasteiger partial charge < -0.3 is 5.11 Å². The average molecular weight is 277 g/mol. The molecule has 7 heteroatoms. The number of sulfonamides is 1. The molecule has 1 aromatic rings. The van der Waals surface area contributed by atoms with Crippen LogP contribution in [0.1, 0.15) is 24.8 Å². The number of nitrogens with one attached hydrogen (secondary N) is 1. The summed E-state index contributed by atoms with van der Waals surface area (Å²) in [5, 5.41) is 8.88. The molecule has 0 atom stereocenters. The molecular weight excluding hydrogens is 264 g/mol. The Hall–Kier alpha value is -1.05. The quantitative estimate of drug-likeness (QED) is 0.871. The molecule has 1 fully saturated rings. The first-order valence-corrected chi connectivity index (χ1v) is 7.03. The summed E-state index contributed by atoms with van der Waals surface area (Å²) >= 11 is 0. The van der Waals surface area contributed by atoms with E-state index in [0.29, 0.717) is 12.8 Å². The first kappa shape index (κ1) is 13.4. The number of aliphatic hydroxyl groups excluding tert-OH is 1. The monoisotopic (exact) mass is 277 g/mol. The molecule has 1 aromatic carbocycles. The third-order valence-electron chi connectivity index (χ3n) is 2.95. The average Bonchev–Trinajstić information content (AvgIpc) is 2.27. The maximum Gasteiger partial charge on any atom is 0.243 e. The van der Waals surface area contributed by atoms with E-state index in [9.17, 15) is 17.2 Å². The normalized spacial score (nSPS) is 16.6. The molecule has 0 amide bonds. The lowest BCUT2D eigenvalue weighted by Crippen LogP contribution is -2.39.